The Hall–Kier alpha value is -2.95. The fourth-order valence-corrected chi connectivity index (χ4v) is 2.73. The summed E-state index contributed by atoms with van der Waals surface area (Å²) < 4.78 is 12.9. The SMILES string of the molecule is COc1ccc2c(C(=O)O)cn(CCOc3ccccc3C)c2c1. The largest absolute Gasteiger partial charge is 0.497 e. The average molecular weight is 325 g/mol. The van der Waals surface area contributed by atoms with Crippen molar-refractivity contribution in [2.45, 2.75) is 13.5 Å². The van der Waals surface area contributed by atoms with Crippen molar-refractivity contribution in [3.05, 3.63) is 59.8 Å². The van der Waals surface area contributed by atoms with Gasteiger partial charge in [-0.05, 0) is 30.7 Å². The first-order chi connectivity index (χ1) is 11.6. The molecule has 0 aliphatic carbocycles. The number of aryl methyl sites for hydroxylation is 1. The molecule has 5 heteroatoms. The van der Waals surface area contributed by atoms with Crippen LogP contribution in [0.1, 0.15) is 15.9 Å². The third-order valence-corrected chi connectivity index (χ3v) is 4.00. The maximum atomic E-state index is 11.4. The monoisotopic (exact) mass is 325 g/mol. The quantitative estimate of drug-likeness (QED) is 0.750. The van der Waals surface area contributed by atoms with E-state index in [9.17, 15) is 9.90 Å². The van der Waals surface area contributed by atoms with Crippen LogP contribution >= 0.6 is 0 Å². The number of nitrogens with zero attached hydrogens (tertiary/aromatic N) is 1. The molecule has 1 N–H and O–H groups in total. The van der Waals surface area contributed by atoms with E-state index in [0.29, 0.717) is 24.3 Å². The molecular formula is C19H19NO4. The molecule has 1 aromatic heterocycles. The van der Waals surface area contributed by atoms with Crippen molar-refractivity contribution in [2.24, 2.45) is 0 Å². The molecule has 0 saturated heterocycles. The number of hydrogen-bond acceptors (Lipinski definition) is 3. The Balaban J connectivity index is 1.85. The molecule has 0 bridgehead atoms. The van der Waals surface area contributed by atoms with Crippen molar-refractivity contribution in [3.8, 4) is 11.5 Å². The van der Waals surface area contributed by atoms with Crippen LogP contribution in [-0.4, -0.2) is 29.4 Å². The second kappa shape index (κ2) is 6.66. The molecule has 124 valence electrons. The van der Waals surface area contributed by atoms with Crippen molar-refractivity contribution in [3.63, 3.8) is 0 Å². The number of para-hydroxylation sites is 1. The first-order valence-electron chi connectivity index (χ1n) is 7.68. The van der Waals surface area contributed by atoms with Gasteiger partial charge in [-0.1, -0.05) is 18.2 Å². The molecule has 0 fully saturated rings. The Morgan fingerprint density at radius 3 is 2.71 bits per heavy atom. The molecule has 0 spiro atoms. The Bertz CT molecular complexity index is 882. The standard InChI is InChI=1S/C19H19NO4/c1-13-5-3-4-6-18(13)24-10-9-20-12-16(19(21)22)15-8-7-14(23-2)11-17(15)20/h3-8,11-12H,9-10H2,1-2H3,(H,21,22). The van der Waals surface area contributed by atoms with E-state index in [0.717, 1.165) is 16.8 Å². The summed E-state index contributed by atoms with van der Waals surface area (Å²) >= 11 is 0. The Labute approximate surface area is 140 Å². The van der Waals surface area contributed by atoms with Crippen LogP contribution in [0.2, 0.25) is 0 Å². The number of hydrogen-bond donors (Lipinski definition) is 1. The van der Waals surface area contributed by atoms with Gasteiger partial charge in [0.15, 0.2) is 0 Å². The van der Waals surface area contributed by atoms with Gasteiger partial charge in [-0.25, -0.2) is 4.79 Å². The van der Waals surface area contributed by atoms with Crippen LogP contribution in [0.4, 0.5) is 0 Å². The first-order valence-corrected chi connectivity index (χ1v) is 7.68. The van der Waals surface area contributed by atoms with Crippen molar-refractivity contribution in [1.82, 2.24) is 4.57 Å². The number of aromatic carboxylic acids is 1. The van der Waals surface area contributed by atoms with Crippen molar-refractivity contribution in [2.75, 3.05) is 13.7 Å². The summed E-state index contributed by atoms with van der Waals surface area (Å²) in [6.07, 6.45) is 1.65. The van der Waals surface area contributed by atoms with Crippen LogP contribution in [0, 0.1) is 6.92 Å². The third kappa shape index (κ3) is 3.06. The number of benzene rings is 2. The molecule has 0 saturated carbocycles. The molecule has 24 heavy (non-hydrogen) atoms. The van der Waals surface area contributed by atoms with Gasteiger partial charge < -0.3 is 19.1 Å². The lowest BCUT2D eigenvalue weighted by atomic mass is 10.2. The van der Waals surface area contributed by atoms with Crippen molar-refractivity contribution in [1.29, 1.82) is 0 Å². The van der Waals surface area contributed by atoms with E-state index in [1.54, 1.807) is 25.4 Å². The highest BCUT2D eigenvalue weighted by atomic mass is 16.5. The van der Waals surface area contributed by atoms with Crippen LogP contribution in [0.3, 0.4) is 0 Å². The van der Waals surface area contributed by atoms with Gasteiger partial charge in [0, 0.05) is 17.6 Å². The zero-order valence-corrected chi connectivity index (χ0v) is 13.7. The molecule has 3 aromatic rings. The van der Waals surface area contributed by atoms with Crippen LogP contribution < -0.4 is 9.47 Å². The molecule has 0 unspecified atom stereocenters. The van der Waals surface area contributed by atoms with E-state index >= 15 is 0 Å². The van der Waals surface area contributed by atoms with Crippen LogP contribution in [0.15, 0.2) is 48.7 Å². The van der Waals surface area contributed by atoms with Crippen molar-refractivity contribution >= 4 is 16.9 Å². The molecule has 0 aliphatic heterocycles. The Morgan fingerprint density at radius 2 is 2.00 bits per heavy atom. The molecule has 1 heterocycles. The highest BCUT2D eigenvalue weighted by molar-refractivity contribution is 6.03. The van der Waals surface area contributed by atoms with E-state index in [-0.39, 0.29) is 5.56 Å². The van der Waals surface area contributed by atoms with Gasteiger partial charge in [0.1, 0.15) is 18.1 Å². The Kier molecular flexibility index (Phi) is 4.42. The first kappa shape index (κ1) is 15.9. The fourth-order valence-electron chi connectivity index (χ4n) is 2.73. The van der Waals surface area contributed by atoms with Gasteiger partial charge in [-0.3, -0.25) is 0 Å². The summed E-state index contributed by atoms with van der Waals surface area (Å²) in [4.78, 5) is 11.4. The number of methoxy groups -OCH3 is 1. The summed E-state index contributed by atoms with van der Waals surface area (Å²) in [5.41, 5.74) is 2.17. The number of fused-ring (bicyclic) bond motifs is 1. The van der Waals surface area contributed by atoms with E-state index in [4.69, 9.17) is 9.47 Å². The normalized spacial score (nSPS) is 10.8. The van der Waals surface area contributed by atoms with Gasteiger partial charge >= 0.3 is 5.97 Å². The molecule has 0 amide bonds. The zero-order valence-electron chi connectivity index (χ0n) is 13.7. The van der Waals surface area contributed by atoms with E-state index in [1.807, 2.05) is 41.8 Å². The maximum absolute atomic E-state index is 11.4. The van der Waals surface area contributed by atoms with Gasteiger partial charge in [-0.2, -0.15) is 0 Å². The Morgan fingerprint density at radius 1 is 1.21 bits per heavy atom. The summed E-state index contributed by atoms with van der Waals surface area (Å²) in [6.45, 7) is 2.99. The molecular weight excluding hydrogens is 306 g/mol. The second-order valence-corrected chi connectivity index (χ2v) is 5.54. The van der Waals surface area contributed by atoms with Gasteiger partial charge in [0.2, 0.25) is 0 Å². The fraction of sp³-hybridized carbons (Fsp3) is 0.211. The number of aromatic nitrogens is 1. The van der Waals surface area contributed by atoms with E-state index in [2.05, 4.69) is 0 Å². The number of ether oxygens (including phenoxy) is 2. The lowest BCUT2D eigenvalue weighted by molar-refractivity contribution is 0.0698. The minimum absolute atomic E-state index is 0.281. The van der Waals surface area contributed by atoms with E-state index < -0.39 is 5.97 Å². The highest BCUT2D eigenvalue weighted by Crippen LogP contribution is 2.26. The maximum Gasteiger partial charge on any atom is 0.337 e. The smallest absolute Gasteiger partial charge is 0.337 e. The van der Waals surface area contributed by atoms with Gasteiger partial charge in [0.05, 0.1) is 24.7 Å². The molecule has 5 nitrogen and oxygen atoms in total. The molecule has 0 aliphatic rings. The van der Waals surface area contributed by atoms with Crippen LogP contribution in [-0.2, 0) is 6.54 Å². The molecule has 2 aromatic carbocycles. The molecule has 0 atom stereocenters. The predicted octanol–water partition coefficient (Wildman–Crippen LogP) is 3.74. The summed E-state index contributed by atoms with van der Waals surface area (Å²) in [7, 11) is 1.59. The number of carboxylic acid groups (broad SMARTS) is 1. The van der Waals surface area contributed by atoms with Gasteiger partial charge in [0.25, 0.3) is 0 Å². The highest BCUT2D eigenvalue weighted by Gasteiger charge is 2.14. The van der Waals surface area contributed by atoms with Crippen LogP contribution in [0.5, 0.6) is 11.5 Å². The minimum atomic E-state index is -0.941. The molecule has 3 rings (SSSR count). The predicted molar refractivity (Wildman–Crippen MR) is 92.1 cm³/mol. The van der Waals surface area contributed by atoms with Crippen molar-refractivity contribution < 1.29 is 19.4 Å². The summed E-state index contributed by atoms with van der Waals surface area (Å²) in [5.74, 6) is 0.590. The summed E-state index contributed by atoms with van der Waals surface area (Å²) in [5, 5.41) is 10.1. The lowest BCUT2D eigenvalue weighted by Crippen LogP contribution is -2.08. The number of rotatable bonds is 6. The zero-order chi connectivity index (χ0) is 17.1. The minimum Gasteiger partial charge on any atom is -0.497 e. The summed E-state index contributed by atoms with van der Waals surface area (Å²) in [6, 6.07) is 13.2. The van der Waals surface area contributed by atoms with Crippen LogP contribution in [0.25, 0.3) is 10.9 Å². The lowest BCUT2D eigenvalue weighted by Gasteiger charge is -2.10. The number of carboxylic acids is 1. The number of carbonyl (C=O) groups is 1. The van der Waals surface area contributed by atoms with Gasteiger partial charge in [-0.15, -0.1) is 0 Å². The second-order valence-electron chi connectivity index (χ2n) is 5.54. The topological polar surface area (TPSA) is 60.7 Å². The average Bonchev–Trinajstić information content (AvgIpc) is 2.95. The molecule has 0 radical (unpaired) electrons. The van der Waals surface area contributed by atoms with E-state index in [1.165, 1.54) is 0 Å². The third-order valence-electron chi connectivity index (χ3n) is 4.00.